The van der Waals surface area contributed by atoms with Crippen molar-refractivity contribution in [3.63, 3.8) is 0 Å². The molecule has 5 heteroatoms. The van der Waals surface area contributed by atoms with Crippen LogP contribution in [0.3, 0.4) is 0 Å². The van der Waals surface area contributed by atoms with Crippen LogP contribution in [0.5, 0.6) is 0 Å². The van der Waals surface area contributed by atoms with Gasteiger partial charge in [0.2, 0.25) is 5.91 Å². The van der Waals surface area contributed by atoms with Crippen molar-refractivity contribution in [2.45, 2.75) is 32.7 Å². The average Bonchev–Trinajstić information content (AvgIpc) is 2.79. The molecule has 0 spiro atoms. The molecular weight excluding hydrogens is 420 g/mol. The van der Waals surface area contributed by atoms with Gasteiger partial charge in [0, 0.05) is 22.8 Å². The minimum atomic E-state index is -0.363. The first-order chi connectivity index (χ1) is 15.5. The number of amides is 2. The highest BCUT2D eigenvalue weighted by atomic mass is 35.5. The molecular formula is C27H27ClN2O2. The van der Waals surface area contributed by atoms with Crippen LogP contribution in [0.1, 0.15) is 45.9 Å². The summed E-state index contributed by atoms with van der Waals surface area (Å²) in [4.78, 5) is 29.1. The van der Waals surface area contributed by atoms with E-state index in [1.54, 1.807) is 12.1 Å². The Kier molecular flexibility index (Phi) is 6.61. The van der Waals surface area contributed by atoms with Crippen LogP contribution in [0.25, 0.3) is 0 Å². The predicted molar refractivity (Wildman–Crippen MR) is 129 cm³/mol. The molecule has 0 unspecified atom stereocenters. The maximum Gasteiger partial charge on any atom is 0.254 e. The summed E-state index contributed by atoms with van der Waals surface area (Å²) in [6.45, 7) is 4.54. The van der Waals surface area contributed by atoms with Gasteiger partial charge in [-0.1, -0.05) is 66.2 Å². The predicted octanol–water partition coefficient (Wildman–Crippen LogP) is 6.19. The van der Waals surface area contributed by atoms with Crippen LogP contribution in [-0.4, -0.2) is 23.3 Å². The zero-order chi connectivity index (χ0) is 22.7. The number of rotatable bonds is 4. The van der Waals surface area contributed by atoms with E-state index in [0.29, 0.717) is 23.7 Å². The molecule has 1 fully saturated rings. The number of anilines is 1. The summed E-state index contributed by atoms with van der Waals surface area (Å²) in [5.41, 5.74) is 4.26. The third-order valence-corrected chi connectivity index (χ3v) is 6.39. The lowest BCUT2D eigenvalue weighted by Gasteiger charge is -2.41. The van der Waals surface area contributed by atoms with Gasteiger partial charge in [-0.3, -0.25) is 9.59 Å². The lowest BCUT2D eigenvalue weighted by molar-refractivity contribution is -0.123. The van der Waals surface area contributed by atoms with E-state index in [0.717, 1.165) is 28.7 Å². The molecule has 0 aromatic heterocycles. The maximum atomic E-state index is 13.8. The molecule has 3 aromatic carbocycles. The number of aryl methyl sites for hydroxylation is 2. The standard InChI is InChI=1S/C27H27ClN2O2/c1-18-9-6-10-19(2)24(18)27(32)30-16-8-15-23(25(30)20-11-4-3-5-12-20)26(31)29-22-14-7-13-21(28)17-22/h3-7,9-14,17,23,25H,8,15-16H2,1-2H3,(H,29,31)/t23-,25-/m0/s1. The van der Waals surface area contributed by atoms with E-state index in [9.17, 15) is 9.59 Å². The first kappa shape index (κ1) is 22.1. The molecule has 2 atom stereocenters. The zero-order valence-corrected chi connectivity index (χ0v) is 19.1. The van der Waals surface area contributed by atoms with Crippen molar-refractivity contribution in [3.8, 4) is 0 Å². The van der Waals surface area contributed by atoms with Crippen molar-refractivity contribution in [2.24, 2.45) is 5.92 Å². The molecule has 1 N–H and O–H groups in total. The Morgan fingerprint density at radius 1 is 0.938 bits per heavy atom. The molecule has 32 heavy (non-hydrogen) atoms. The van der Waals surface area contributed by atoms with Gasteiger partial charge in [0.1, 0.15) is 0 Å². The Morgan fingerprint density at radius 2 is 1.62 bits per heavy atom. The SMILES string of the molecule is Cc1cccc(C)c1C(=O)N1CCC[C@H](C(=O)Nc2cccc(Cl)c2)[C@@H]1c1ccccc1. The van der Waals surface area contributed by atoms with Gasteiger partial charge in [-0.25, -0.2) is 0 Å². The Labute approximate surface area is 194 Å². The van der Waals surface area contributed by atoms with Gasteiger partial charge >= 0.3 is 0 Å². The molecule has 0 saturated carbocycles. The first-order valence-electron chi connectivity index (χ1n) is 10.9. The van der Waals surface area contributed by atoms with Gasteiger partial charge in [0.15, 0.2) is 0 Å². The number of hydrogen-bond donors (Lipinski definition) is 1. The van der Waals surface area contributed by atoms with Crippen LogP contribution in [0.2, 0.25) is 5.02 Å². The highest BCUT2D eigenvalue weighted by Gasteiger charge is 2.40. The van der Waals surface area contributed by atoms with E-state index < -0.39 is 0 Å². The molecule has 0 radical (unpaired) electrons. The van der Waals surface area contributed by atoms with Crippen molar-refractivity contribution in [2.75, 3.05) is 11.9 Å². The van der Waals surface area contributed by atoms with Crippen LogP contribution in [-0.2, 0) is 4.79 Å². The number of benzene rings is 3. The first-order valence-corrected chi connectivity index (χ1v) is 11.3. The second-order valence-electron chi connectivity index (χ2n) is 8.37. The fraction of sp³-hybridized carbons (Fsp3) is 0.259. The topological polar surface area (TPSA) is 49.4 Å². The summed E-state index contributed by atoms with van der Waals surface area (Å²) >= 11 is 6.10. The molecule has 1 saturated heterocycles. The van der Waals surface area contributed by atoms with Crippen molar-refractivity contribution in [3.05, 3.63) is 100 Å². The number of hydrogen-bond acceptors (Lipinski definition) is 2. The van der Waals surface area contributed by atoms with Crippen LogP contribution >= 0.6 is 11.6 Å². The number of nitrogens with zero attached hydrogens (tertiary/aromatic N) is 1. The fourth-order valence-corrected chi connectivity index (χ4v) is 4.85. The van der Waals surface area contributed by atoms with Crippen LogP contribution < -0.4 is 5.32 Å². The minimum Gasteiger partial charge on any atom is -0.331 e. The Morgan fingerprint density at radius 3 is 2.31 bits per heavy atom. The number of likely N-dealkylation sites (tertiary alicyclic amines) is 1. The summed E-state index contributed by atoms with van der Waals surface area (Å²) in [7, 11) is 0. The van der Waals surface area contributed by atoms with Gasteiger partial charge in [0.25, 0.3) is 5.91 Å². The number of carbonyl (C=O) groups excluding carboxylic acids is 2. The summed E-state index contributed by atoms with van der Waals surface area (Å²) < 4.78 is 0. The molecule has 0 bridgehead atoms. The number of carbonyl (C=O) groups is 2. The molecule has 0 aliphatic carbocycles. The maximum absolute atomic E-state index is 13.8. The van der Waals surface area contributed by atoms with E-state index in [4.69, 9.17) is 11.6 Å². The third kappa shape index (κ3) is 4.56. The smallest absolute Gasteiger partial charge is 0.254 e. The highest BCUT2D eigenvalue weighted by Crippen LogP contribution is 2.38. The fourth-order valence-electron chi connectivity index (χ4n) is 4.66. The largest absolute Gasteiger partial charge is 0.331 e. The second kappa shape index (κ2) is 9.58. The van der Waals surface area contributed by atoms with E-state index >= 15 is 0 Å². The van der Waals surface area contributed by atoms with Crippen LogP contribution in [0.4, 0.5) is 5.69 Å². The van der Waals surface area contributed by atoms with E-state index in [1.807, 2.05) is 79.4 Å². The molecule has 1 heterocycles. The van der Waals surface area contributed by atoms with Gasteiger partial charge in [-0.05, 0) is 61.6 Å². The monoisotopic (exact) mass is 446 g/mol. The number of piperidine rings is 1. The number of halogens is 1. The van der Waals surface area contributed by atoms with Gasteiger partial charge in [0.05, 0.1) is 12.0 Å². The summed E-state index contributed by atoms with van der Waals surface area (Å²) in [6.07, 6.45) is 1.48. The van der Waals surface area contributed by atoms with Crippen molar-refractivity contribution in [1.29, 1.82) is 0 Å². The summed E-state index contributed by atoms with van der Waals surface area (Å²) in [5.74, 6) is -0.478. The van der Waals surface area contributed by atoms with Crippen LogP contribution in [0.15, 0.2) is 72.8 Å². The number of nitrogens with one attached hydrogen (secondary N) is 1. The zero-order valence-electron chi connectivity index (χ0n) is 18.3. The Balaban J connectivity index is 1.70. The van der Waals surface area contributed by atoms with Crippen LogP contribution in [0, 0.1) is 19.8 Å². The lowest BCUT2D eigenvalue weighted by atomic mass is 9.83. The average molecular weight is 447 g/mol. The molecule has 4 nitrogen and oxygen atoms in total. The normalized spacial score (nSPS) is 18.3. The van der Waals surface area contributed by atoms with E-state index in [2.05, 4.69) is 5.32 Å². The molecule has 4 rings (SSSR count). The molecule has 164 valence electrons. The van der Waals surface area contributed by atoms with E-state index in [-0.39, 0.29) is 23.8 Å². The van der Waals surface area contributed by atoms with Crippen molar-refractivity contribution < 1.29 is 9.59 Å². The summed E-state index contributed by atoms with van der Waals surface area (Å²) in [5, 5.41) is 3.58. The second-order valence-corrected chi connectivity index (χ2v) is 8.81. The highest BCUT2D eigenvalue weighted by molar-refractivity contribution is 6.30. The van der Waals surface area contributed by atoms with Crippen molar-refractivity contribution >= 4 is 29.1 Å². The van der Waals surface area contributed by atoms with Gasteiger partial charge in [-0.15, -0.1) is 0 Å². The molecule has 1 aliphatic heterocycles. The van der Waals surface area contributed by atoms with Gasteiger partial charge in [-0.2, -0.15) is 0 Å². The Bertz CT molecular complexity index is 1110. The van der Waals surface area contributed by atoms with Gasteiger partial charge < -0.3 is 10.2 Å². The third-order valence-electron chi connectivity index (χ3n) is 6.16. The quantitative estimate of drug-likeness (QED) is 0.519. The molecule has 2 amide bonds. The van der Waals surface area contributed by atoms with Crippen molar-refractivity contribution in [1.82, 2.24) is 4.90 Å². The van der Waals surface area contributed by atoms with E-state index in [1.165, 1.54) is 0 Å². The minimum absolute atomic E-state index is 0.0188. The molecule has 3 aromatic rings. The Hall–Kier alpha value is -3.11. The lowest BCUT2D eigenvalue weighted by Crippen LogP contribution is -2.46. The summed E-state index contributed by atoms with van der Waals surface area (Å²) in [6, 6.07) is 22.6. The molecule has 1 aliphatic rings.